The average Bonchev–Trinajstić information content (AvgIpc) is 1.27. The average molecular weight is 228 g/mol. The van der Waals surface area contributed by atoms with Gasteiger partial charge in [0.1, 0.15) is 0 Å². The number of carboxylic acids is 1. The molecule has 0 N–H and O–H groups in total. The van der Waals surface area contributed by atoms with Gasteiger partial charge < -0.3 is 14.7 Å². The van der Waals surface area contributed by atoms with Crippen LogP contribution in [0.5, 0.6) is 0 Å². The quantitative estimate of drug-likeness (QED) is 0.272. The first-order chi connectivity index (χ1) is 3.13. The first kappa shape index (κ1) is 17.0. The van der Waals surface area contributed by atoms with Gasteiger partial charge in [0.25, 0.3) is 0 Å². The maximum absolute atomic E-state index is 9.78. The van der Waals surface area contributed by atoms with Crippen LogP contribution >= 0.6 is 0 Å². The van der Waals surface area contributed by atoms with Gasteiger partial charge in [-0.3, -0.25) is 6.42 Å². The maximum Gasteiger partial charge on any atom is 1.00 e. The largest absolute Gasteiger partial charge is 1.00 e. The summed E-state index contributed by atoms with van der Waals surface area (Å²) in [7, 11) is 0. The molecule has 0 saturated heterocycles. The fraction of sp³-hybridized carbons (Fsp3) is 0.250. The Morgan fingerprint density at radius 1 is 1.44 bits per heavy atom. The molecule has 1 radical (unpaired) electrons. The Morgan fingerprint density at radius 3 is 1.78 bits per heavy atom. The molecule has 0 aliphatic rings. The van der Waals surface area contributed by atoms with Crippen LogP contribution < -0.4 is 56.5 Å². The zero-order valence-corrected chi connectivity index (χ0v) is 11.3. The van der Waals surface area contributed by atoms with Crippen molar-refractivity contribution in [3.8, 4) is 0 Å². The third kappa shape index (κ3) is 17.7. The fourth-order valence-corrected chi connectivity index (χ4v) is 0.166. The molecular weight excluding hydrogens is 224 g/mol. The second-order valence-corrected chi connectivity index (χ2v) is 1.07. The van der Waals surface area contributed by atoms with Gasteiger partial charge >= 0.3 is 51.4 Å². The number of Topliss-reactive ketones (excluding diaryl/α,β-unsaturated/α-hetero) is 1. The Balaban J connectivity index is -0.000000180. The number of hydrogen-bond donors (Lipinski definition) is 0. The molecule has 9 heavy (non-hydrogen) atoms. The summed E-state index contributed by atoms with van der Waals surface area (Å²) >= 11 is 0. The molecule has 0 unspecified atom stereocenters. The Bertz CT molecular complexity index is 92.0. The number of ketones is 1. The summed E-state index contributed by atoms with van der Waals surface area (Å²) in [5.41, 5.74) is 0. The van der Waals surface area contributed by atoms with E-state index in [0.29, 0.717) is 6.42 Å². The molecule has 0 aromatic rings. The van der Waals surface area contributed by atoms with E-state index in [1.165, 1.54) is 0 Å². The molecule has 5 heteroatoms. The van der Waals surface area contributed by atoms with Gasteiger partial charge in [-0.2, -0.15) is 0 Å². The second kappa shape index (κ2) is 9.75. The van der Waals surface area contributed by atoms with Crippen LogP contribution in [0, 0.1) is 6.42 Å². The summed E-state index contributed by atoms with van der Waals surface area (Å²) in [5.74, 6) is -1.94. The minimum atomic E-state index is -1.44. The van der Waals surface area contributed by atoms with Gasteiger partial charge in [-0.25, -0.2) is 0 Å². The van der Waals surface area contributed by atoms with Crippen molar-refractivity contribution in [3.05, 3.63) is 6.42 Å². The molecule has 0 bridgehead atoms. The molecule has 0 fully saturated rings. The number of carboxylic acid groups (broad SMARTS) is 1. The molecule has 0 aromatic carbocycles. The summed E-state index contributed by atoms with van der Waals surface area (Å²) in [4.78, 5) is 19.2. The maximum atomic E-state index is 9.78. The topological polar surface area (TPSA) is 57.2 Å². The molecule has 0 aromatic heterocycles. The second-order valence-electron chi connectivity index (χ2n) is 1.07. The Morgan fingerprint density at radius 2 is 1.78 bits per heavy atom. The molecule has 3 nitrogen and oxygen atoms in total. The van der Waals surface area contributed by atoms with Crippen molar-refractivity contribution in [2.45, 2.75) is 6.92 Å². The zero-order chi connectivity index (χ0) is 5.86. The van der Waals surface area contributed by atoms with E-state index in [4.69, 9.17) is 0 Å². The van der Waals surface area contributed by atoms with Crippen LogP contribution in [0.4, 0.5) is 0 Å². The third-order valence-electron chi connectivity index (χ3n) is 0.321. The molecule has 0 aliphatic heterocycles. The van der Waals surface area contributed by atoms with Crippen molar-refractivity contribution in [1.29, 1.82) is 0 Å². The molecule has 0 heterocycles. The minimum Gasteiger partial charge on any atom is -0.584 e. The Hall–Kier alpha value is 1.75. The van der Waals surface area contributed by atoms with Crippen LogP contribution in [0.25, 0.3) is 0 Å². The van der Waals surface area contributed by atoms with Gasteiger partial charge in [-0.05, 0) is 6.92 Å². The van der Waals surface area contributed by atoms with Gasteiger partial charge in [-0.15, -0.1) is 0 Å². The van der Waals surface area contributed by atoms with E-state index >= 15 is 0 Å². The van der Waals surface area contributed by atoms with Crippen molar-refractivity contribution in [2.75, 3.05) is 0 Å². The standard InChI is InChI=1S/C4H5O3.K.Y/c1-3(5)2-4(6)7;;/h2H,1H3,(H,6,7);;/q-1;+1;/p-1. The number of rotatable bonds is 2. The van der Waals surface area contributed by atoms with E-state index in [-0.39, 0.29) is 84.1 Å². The minimum absolute atomic E-state index is 0. The molecular formula is C4H4KO3Y-. The van der Waals surface area contributed by atoms with E-state index in [9.17, 15) is 14.7 Å². The van der Waals surface area contributed by atoms with E-state index in [1.54, 1.807) is 0 Å². The van der Waals surface area contributed by atoms with Crippen molar-refractivity contribution in [1.82, 2.24) is 0 Å². The van der Waals surface area contributed by atoms with Crippen LogP contribution in [0.15, 0.2) is 0 Å². The van der Waals surface area contributed by atoms with Crippen molar-refractivity contribution >= 4 is 11.8 Å². The van der Waals surface area contributed by atoms with Crippen LogP contribution in [-0.2, 0) is 42.3 Å². The molecule has 43 valence electrons. The van der Waals surface area contributed by atoms with Crippen LogP contribution in [-0.4, -0.2) is 11.8 Å². The SMILES string of the molecule is CC(=O)[CH-]C(=O)[O-].[K+].[Y]. The molecule has 0 rings (SSSR count). The van der Waals surface area contributed by atoms with Crippen molar-refractivity contribution in [2.24, 2.45) is 0 Å². The van der Waals surface area contributed by atoms with E-state index in [1.807, 2.05) is 0 Å². The fourth-order valence-electron chi connectivity index (χ4n) is 0.166. The van der Waals surface area contributed by atoms with Crippen molar-refractivity contribution in [3.63, 3.8) is 0 Å². The van der Waals surface area contributed by atoms with Gasteiger partial charge in [0.05, 0.1) is 0 Å². The smallest absolute Gasteiger partial charge is 0.584 e. The first-order valence-electron chi connectivity index (χ1n) is 1.69. The normalized spacial score (nSPS) is 5.89. The van der Waals surface area contributed by atoms with E-state index in [2.05, 4.69) is 0 Å². The summed E-state index contributed by atoms with van der Waals surface area (Å²) in [5, 5.41) is 9.42. The predicted molar refractivity (Wildman–Crippen MR) is 20.0 cm³/mol. The first-order valence-corrected chi connectivity index (χ1v) is 1.69. The molecule has 0 saturated carbocycles. The third-order valence-corrected chi connectivity index (χ3v) is 0.321. The Labute approximate surface area is 121 Å². The number of hydrogen-bond acceptors (Lipinski definition) is 3. The summed E-state index contributed by atoms with van der Waals surface area (Å²) in [6.07, 6.45) is 0.500. The predicted octanol–water partition coefficient (Wildman–Crippen LogP) is -4.47. The number of aliphatic carboxylic acids is 1. The van der Waals surface area contributed by atoms with Crippen LogP contribution in [0.1, 0.15) is 6.92 Å². The summed E-state index contributed by atoms with van der Waals surface area (Å²) in [6.45, 7) is 1.15. The Kier molecular flexibility index (Phi) is 18.4. The number of carbonyl (C=O) groups is 2. The van der Waals surface area contributed by atoms with E-state index < -0.39 is 11.8 Å². The number of carbonyl (C=O) groups excluding carboxylic acids is 2. The molecule has 0 amide bonds. The molecule has 0 spiro atoms. The summed E-state index contributed by atoms with van der Waals surface area (Å²) < 4.78 is 0. The van der Waals surface area contributed by atoms with Crippen LogP contribution in [0.3, 0.4) is 0 Å². The molecule has 0 aliphatic carbocycles. The monoisotopic (exact) mass is 228 g/mol. The van der Waals surface area contributed by atoms with Gasteiger partial charge in [0.2, 0.25) is 0 Å². The van der Waals surface area contributed by atoms with Gasteiger partial charge in [0.15, 0.2) is 0 Å². The van der Waals surface area contributed by atoms with E-state index in [0.717, 1.165) is 6.92 Å². The van der Waals surface area contributed by atoms with Gasteiger partial charge in [0, 0.05) is 38.5 Å². The molecule has 0 atom stereocenters. The summed E-state index contributed by atoms with van der Waals surface area (Å²) in [6, 6.07) is 0. The van der Waals surface area contributed by atoms with Crippen molar-refractivity contribution < 1.29 is 98.8 Å². The van der Waals surface area contributed by atoms with Gasteiger partial charge in [-0.1, -0.05) is 5.97 Å². The zero-order valence-electron chi connectivity index (χ0n) is 5.38. The van der Waals surface area contributed by atoms with Crippen LogP contribution in [0.2, 0.25) is 0 Å².